The van der Waals surface area contributed by atoms with E-state index in [1.165, 1.54) is 18.7 Å². The molecule has 0 saturated heterocycles. The first kappa shape index (κ1) is 16.3. The molecule has 2 aromatic rings. The molecule has 126 valence electrons. The standard InChI is InChI=1S/C17H19FN4O2/c1-11-20-17(24-22-11)15-8-7-13(10-19-15)21-16(23)14(18)9-12-5-3-2-4-6-12/h7-10,12H,2-6H2,1H3,(H,21,23)/b14-9-. The average molecular weight is 330 g/mol. The van der Waals surface area contributed by atoms with E-state index in [4.69, 9.17) is 4.52 Å². The van der Waals surface area contributed by atoms with Crippen molar-refractivity contribution in [2.24, 2.45) is 5.92 Å². The summed E-state index contributed by atoms with van der Waals surface area (Å²) < 4.78 is 19.0. The molecule has 0 aromatic carbocycles. The summed E-state index contributed by atoms with van der Waals surface area (Å²) in [6.45, 7) is 1.71. The molecule has 0 unspecified atom stereocenters. The molecule has 0 bridgehead atoms. The molecule has 7 heteroatoms. The van der Waals surface area contributed by atoms with Crippen LogP contribution in [0.4, 0.5) is 10.1 Å². The van der Waals surface area contributed by atoms with Gasteiger partial charge in [-0.05, 0) is 43.9 Å². The van der Waals surface area contributed by atoms with Crippen LogP contribution >= 0.6 is 0 Å². The Bertz CT molecular complexity index is 733. The minimum atomic E-state index is -0.747. The Morgan fingerprint density at radius 1 is 1.33 bits per heavy atom. The van der Waals surface area contributed by atoms with Crippen LogP contribution in [0.15, 0.2) is 34.8 Å². The number of allylic oxidation sites excluding steroid dienone is 1. The Morgan fingerprint density at radius 2 is 2.12 bits per heavy atom. The second-order valence-corrected chi connectivity index (χ2v) is 5.95. The quantitative estimate of drug-likeness (QED) is 0.862. The van der Waals surface area contributed by atoms with Crippen molar-refractivity contribution >= 4 is 11.6 Å². The van der Waals surface area contributed by atoms with E-state index in [0.717, 1.165) is 25.7 Å². The Kier molecular flexibility index (Phi) is 4.98. The summed E-state index contributed by atoms with van der Waals surface area (Å²) in [4.78, 5) is 20.1. The van der Waals surface area contributed by atoms with E-state index >= 15 is 0 Å². The molecule has 1 fully saturated rings. The lowest BCUT2D eigenvalue weighted by Gasteiger charge is -2.17. The van der Waals surface area contributed by atoms with Crippen LogP contribution < -0.4 is 5.32 Å². The number of nitrogens with zero attached hydrogens (tertiary/aromatic N) is 3. The molecule has 1 amide bonds. The number of aryl methyl sites for hydroxylation is 1. The van der Waals surface area contributed by atoms with E-state index in [9.17, 15) is 9.18 Å². The zero-order valence-electron chi connectivity index (χ0n) is 13.5. The highest BCUT2D eigenvalue weighted by molar-refractivity contribution is 6.02. The van der Waals surface area contributed by atoms with Crippen molar-refractivity contribution in [2.75, 3.05) is 5.32 Å². The largest absolute Gasteiger partial charge is 0.332 e. The second kappa shape index (κ2) is 7.33. The van der Waals surface area contributed by atoms with Crippen molar-refractivity contribution in [1.82, 2.24) is 15.1 Å². The fraction of sp³-hybridized carbons (Fsp3) is 0.412. The number of carbonyl (C=O) groups excluding carboxylic acids is 1. The maximum Gasteiger partial charge on any atom is 0.284 e. The Morgan fingerprint density at radius 3 is 2.75 bits per heavy atom. The highest BCUT2D eigenvalue weighted by Crippen LogP contribution is 2.26. The monoisotopic (exact) mass is 330 g/mol. The van der Waals surface area contributed by atoms with Gasteiger partial charge in [0.1, 0.15) is 5.69 Å². The van der Waals surface area contributed by atoms with Crippen molar-refractivity contribution < 1.29 is 13.7 Å². The fourth-order valence-electron chi connectivity index (χ4n) is 2.77. The highest BCUT2D eigenvalue weighted by atomic mass is 19.1. The molecule has 2 heterocycles. The van der Waals surface area contributed by atoms with Gasteiger partial charge >= 0.3 is 0 Å². The Hall–Kier alpha value is -2.57. The molecule has 0 radical (unpaired) electrons. The van der Waals surface area contributed by atoms with Crippen LogP contribution in [0.5, 0.6) is 0 Å². The molecule has 6 nitrogen and oxygen atoms in total. The maximum atomic E-state index is 14.0. The summed E-state index contributed by atoms with van der Waals surface area (Å²) in [5.41, 5.74) is 0.902. The first-order chi connectivity index (χ1) is 11.6. The van der Waals surface area contributed by atoms with E-state index < -0.39 is 11.7 Å². The van der Waals surface area contributed by atoms with Gasteiger partial charge in [0.15, 0.2) is 11.7 Å². The third kappa shape index (κ3) is 4.04. The van der Waals surface area contributed by atoms with Gasteiger partial charge in [0.2, 0.25) is 0 Å². The summed E-state index contributed by atoms with van der Waals surface area (Å²) >= 11 is 0. The summed E-state index contributed by atoms with van der Waals surface area (Å²) in [7, 11) is 0. The number of rotatable bonds is 4. The summed E-state index contributed by atoms with van der Waals surface area (Å²) in [6, 6.07) is 3.25. The highest BCUT2D eigenvalue weighted by Gasteiger charge is 2.16. The van der Waals surface area contributed by atoms with E-state index in [-0.39, 0.29) is 5.92 Å². The molecule has 1 saturated carbocycles. The average Bonchev–Trinajstić information content (AvgIpc) is 3.03. The first-order valence-electron chi connectivity index (χ1n) is 8.07. The second-order valence-electron chi connectivity index (χ2n) is 5.95. The zero-order chi connectivity index (χ0) is 16.9. The molecule has 0 aliphatic heterocycles. The van der Waals surface area contributed by atoms with Gasteiger partial charge in [-0.15, -0.1) is 0 Å². The summed E-state index contributed by atoms with van der Waals surface area (Å²) in [5.74, 6) is -0.513. The van der Waals surface area contributed by atoms with Gasteiger partial charge < -0.3 is 9.84 Å². The van der Waals surface area contributed by atoms with Gasteiger partial charge in [-0.1, -0.05) is 24.4 Å². The number of pyridine rings is 1. The third-order valence-electron chi connectivity index (χ3n) is 4.02. The summed E-state index contributed by atoms with van der Waals surface area (Å²) in [6.07, 6.45) is 8.14. The van der Waals surface area contributed by atoms with Crippen molar-refractivity contribution in [1.29, 1.82) is 0 Å². The van der Waals surface area contributed by atoms with Crippen LogP contribution in [0.2, 0.25) is 0 Å². The van der Waals surface area contributed by atoms with Crippen LogP contribution in [0.3, 0.4) is 0 Å². The minimum Gasteiger partial charge on any atom is -0.332 e. The van der Waals surface area contributed by atoms with E-state index in [1.807, 2.05) is 0 Å². The maximum absolute atomic E-state index is 14.0. The molecular weight excluding hydrogens is 311 g/mol. The van der Waals surface area contributed by atoms with E-state index in [1.54, 1.807) is 19.1 Å². The minimum absolute atomic E-state index is 0.158. The molecule has 1 N–H and O–H groups in total. The molecule has 1 aliphatic carbocycles. The van der Waals surface area contributed by atoms with Crippen molar-refractivity contribution in [3.63, 3.8) is 0 Å². The normalized spacial score (nSPS) is 16.2. The molecule has 0 atom stereocenters. The van der Waals surface area contributed by atoms with Gasteiger partial charge in [0.25, 0.3) is 11.8 Å². The molecular formula is C17H19FN4O2. The fourth-order valence-corrected chi connectivity index (χ4v) is 2.77. The van der Waals surface area contributed by atoms with Gasteiger partial charge in [-0.2, -0.15) is 4.98 Å². The number of amides is 1. The van der Waals surface area contributed by atoms with Crippen LogP contribution in [0.25, 0.3) is 11.6 Å². The van der Waals surface area contributed by atoms with Gasteiger partial charge in [0, 0.05) is 0 Å². The molecule has 1 aliphatic rings. The Balaban J connectivity index is 1.62. The lowest BCUT2D eigenvalue weighted by Crippen LogP contribution is -2.14. The molecule has 2 aromatic heterocycles. The predicted octanol–water partition coefficient (Wildman–Crippen LogP) is 3.81. The lowest BCUT2D eigenvalue weighted by atomic mass is 9.89. The van der Waals surface area contributed by atoms with Crippen molar-refractivity contribution in [2.45, 2.75) is 39.0 Å². The molecule has 3 rings (SSSR count). The van der Waals surface area contributed by atoms with Crippen molar-refractivity contribution in [3.8, 4) is 11.6 Å². The summed E-state index contributed by atoms with van der Waals surface area (Å²) in [5, 5.41) is 6.19. The van der Waals surface area contributed by atoms with Crippen LogP contribution in [0.1, 0.15) is 37.9 Å². The number of carbonyl (C=O) groups is 1. The van der Waals surface area contributed by atoms with Crippen LogP contribution in [-0.4, -0.2) is 21.0 Å². The third-order valence-corrected chi connectivity index (χ3v) is 4.02. The van der Waals surface area contributed by atoms with Gasteiger partial charge in [-0.25, -0.2) is 9.37 Å². The van der Waals surface area contributed by atoms with Crippen LogP contribution in [-0.2, 0) is 4.79 Å². The SMILES string of the molecule is Cc1noc(-c2ccc(NC(=O)/C(F)=C/C3CCCCC3)cn2)n1. The number of hydrogen-bond acceptors (Lipinski definition) is 5. The zero-order valence-corrected chi connectivity index (χ0v) is 13.5. The smallest absolute Gasteiger partial charge is 0.284 e. The van der Waals surface area contributed by atoms with Crippen molar-refractivity contribution in [3.05, 3.63) is 36.1 Å². The van der Waals surface area contributed by atoms with E-state index in [2.05, 4.69) is 20.4 Å². The van der Waals surface area contributed by atoms with E-state index in [0.29, 0.717) is 23.1 Å². The van der Waals surface area contributed by atoms with Gasteiger partial charge in [0.05, 0.1) is 11.9 Å². The lowest BCUT2D eigenvalue weighted by molar-refractivity contribution is -0.114. The number of halogens is 1. The predicted molar refractivity (Wildman–Crippen MR) is 86.7 cm³/mol. The number of anilines is 1. The van der Waals surface area contributed by atoms with Crippen LogP contribution in [0, 0.1) is 12.8 Å². The molecule has 24 heavy (non-hydrogen) atoms. The van der Waals surface area contributed by atoms with Gasteiger partial charge in [-0.3, -0.25) is 4.79 Å². The number of nitrogens with one attached hydrogen (secondary N) is 1. The Labute approximate surface area is 139 Å². The first-order valence-corrected chi connectivity index (χ1v) is 8.07. The number of aromatic nitrogens is 3. The molecule has 0 spiro atoms. The number of hydrogen-bond donors (Lipinski definition) is 1. The topological polar surface area (TPSA) is 80.9 Å².